The third kappa shape index (κ3) is 4.16. The van der Waals surface area contributed by atoms with Gasteiger partial charge in [-0.15, -0.1) is 6.58 Å². The molecule has 0 saturated heterocycles. The molecule has 0 atom stereocenters. The van der Waals surface area contributed by atoms with Crippen molar-refractivity contribution in [2.75, 3.05) is 6.61 Å². The Labute approximate surface area is 151 Å². The quantitative estimate of drug-likeness (QED) is 0.347. The number of fused-ring (bicyclic) bond motifs is 1. The van der Waals surface area contributed by atoms with Gasteiger partial charge in [-0.1, -0.05) is 52.3 Å². The molecule has 0 unspecified atom stereocenters. The van der Waals surface area contributed by atoms with Crippen molar-refractivity contribution in [2.45, 2.75) is 25.9 Å². The van der Waals surface area contributed by atoms with Crippen molar-refractivity contribution in [1.82, 2.24) is 0 Å². The Hall–Kier alpha value is -1.84. The van der Waals surface area contributed by atoms with Crippen LogP contribution in [0.2, 0.25) is 0 Å². The van der Waals surface area contributed by atoms with Crippen LogP contribution in [0.25, 0.3) is 11.0 Å². The second-order valence-corrected chi connectivity index (χ2v) is 6.69. The van der Waals surface area contributed by atoms with E-state index in [0.29, 0.717) is 6.61 Å². The number of hydrogen-bond acceptors (Lipinski definition) is 2. The minimum absolute atomic E-state index is 0.660. The Kier molecular flexibility index (Phi) is 5.89. The molecule has 24 heavy (non-hydrogen) atoms. The first-order chi connectivity index (χ1) is 11.8. The molecular weight excluding hydrogens is 364 g/mol. The highest BCUT2D eigenvalue weighted by Crippen LogP contribution is 2.30. The van der Waals surface area contributed by atoms with Crippen molar-refractivity contribution >= 4 is 26.9 Å². The number of ether oxygens (including phenoxy) is 1. The van der Waals surface area contributed by atoms with Crippen molar-refractivity contribution in [3.63, 3.8) is 0 Å². The van der Waals surface area contributed by atoms with Crippen LogP contribution < -0.4 is 0 Å². The standard InChI is InChI=1S/C21H21BrO2/c1-2-7-18-19-14-17(22)11-12-21(19)24-20(18)10-6-13-23-15-16-8-4-3-5-9-16/h2-5,8-9,11-12,14H,1,6-7,10,13,15H2. The molecule has 0 spiro atoms. The Balaban J connectivity index is 1.60. The molecule has 0 aliphatic rings. The van der Waals surface area contributed by atoms with Gasteiger partial charge in [-0.05, 0) is 36.6 Å². The first kappa shape index (κ1) is 17.0. The second-order valence-electron chi connectivity index (χ2n) is 5.78. The lowest BCUT2D eigenvalue weighted by molar-refractivity contribution is 0.118. The van der Waals surface area contributed by atoms with Gasteiger partial charge < -0.3 is 9.15 Å². The summed E-state index contributed by atoms with van der Waals surface area (Å²) >= 11 is 3.53. The zero-order valence-corrected chi connectivity index (χ0v) is 15.2. The van der Waals surface area contributed by atoms with Crippen molar-refractivity contribution in [1.29, 1.82) is 0 Å². The first-order valence-electron chi connectivity index (χ1n) is 8.20. The van der Waals surface area contributed by atoms with E-state index in [2.05, 4.69) is 40.7 Å². The van der Waals surface area contributed by atoms with Gasteiger partial charge >= 0.3 is 0 Å². The Morgan fingerprint density at radius 3 is 2.75 bits per heavy atom. The van der Waals surface area contributed by atoms with Crippen LogP contribution in [0, 0.1) is 0 Å². The van der Waals surface area contributed by atoms with Crippen LogP contribution in [0.3, 0.4) is 0 Å². The molecule has 1 heterocycles. The minimum Gasteiger partial charge on any atom is -0.461 e. The van der Waals surface area contributed by atoms with E-state index < -0.39 is 0 Å². The average molecular weight is 385 g/mol. The molecule has 0 N–H and O–H groups in total. The van der Waals surface area contributed by atoms with Crippen LogP contribution in [0.15, 0.2) is 70.1 Å². The molecule has 124 valence electrons. The van der Waals surface area contributed by atoms with Crippen molar-refractivity contribution in [2.24, 2.45) is 0 Å². The molecule has 3 heteroatoms. The fraction of sp³-hybridized carbons (Fsp3) is 0.238. The molecule has 0 amide bonds. The van der Waals surface area contributed by atoms with Crippen LogP contribution in [0.5, 0.6) is 0 Å². The van der Waals surface area contributed by atoms with E-state index in [0.717, 1.165) is 41.7 Å². The van der Waals surface area contributed by atoms with E-state index in [4.69, 9.17) is 9.15 Å². The molecule has 2 aromatic carbocycles. The molecule has 0 aliphatic heterocycles. The van der Waals surface area contributed by atoms with Crippen LogP contribution in [-0.4, -0.2) is 6.61 Å². The monoisotopic (exact) mass is 384 g/mol. The van der Waals surface area contributed by atoms with Gasteiger partial charge in [0.15, 0.2) is 0 Å². The summed E-state index contributed by atoms with van der Waals surface area (Å²) in [6.07, 6.45) is 4.58. The maximum Gasteiger partial charge on any atom is 0.134 e. The van der Waals surface area contributed by atoms with E-state index in [1.165, 1.54) is 16.5 Å². The molecule has 0 fully saturated rings. The number of halogens is 1. The highest BCUT2D eigenvalue weighted by Gasteiger charge is 2.13. The lowest BCUT2D eigenvalue weighted by atomic mass is 10.1. The topological polar surface area (TPSA) is 22.4 Å². The minimum atomic E-state index is 0.660. The summed E-state index contributed by atoms with van der Waals surface area (Å²) in [5.41, 5.74) is 3.39. The summed E-state index contributed by atoms with van der Waals surface area (Å²) in [6, 6.07) is 16.4. The summed E-state index contributed by atoms with van der Waals surface area (Å²) in [5, 5.41) is 1.17. The van der Waals surface area contributed by atoms with Crippen LogP contribution >= 0.6 is 15.9 Å². The van der Waals surface area contributed by atoms with Crippen LogP contribution in [0.4, 0.5) is 0 Å². The van der Waals surface area contributed by atoms with Gasteiger partial charge in [0, 0.05) is 28.5 Å². The predicted octanol–water partition coefficient (Wildman–Crippen LogP) is 6.07. The number of hydrogen-bond donors (Lipinski definition) is 0. The fourth-order valence-corrected chi connectivity index (χ4v) is 3.20. The zero-order chi connectivity index (χ0) is 16.8. The normalized spacial score (nSPS) is 11.0. The average Bonchev–Trinajstić information content (AvgIpc) is 2.93. The molecule has 0 bridgehead atoms. The first-order valence-corrected chi connectivity index (χ1v) is 8.99. The maximum absolute atomic E-state index is 6.05. The summed E-state index contributed by atoms with van der Waals surface area (Å²) in [5.74, 6) is 1.05. The van der Waals surface area contributed by atoms with Crippen LogP contribution in [-0.2, 0) is 24.2 Å². The van der Waals surface area contributed by atoms with Gasteiger partial charge in [0.1, 0.15) is 11.3 Å². The molecule has 3 aromatic rings. The lowest BCUT2D eigenvalue weighted by Gasteiger charge is -2.04. The third-order valence-corrected chi connectivity index (χ3v) is 4.48. The van der Waals surface area contributed by atoms with Crippen molar-refractivity contribution in [3.05, 3.63) is 82.5 Å². The summed E-state index contributed by atoms with van der Waals surface area (Å²) in [7, 11) is 0. The fourth-order valence-electron chi connectivity index (χ4n) is 2.84. The third-order valence-electron chi connectivity index (χ3n) is 3.99. The molecule has 0 saturated carbocycles. The molecule has 0 radical (unpaired) electrons. The SMILES string of the molecule is C=CCc1c(CCCOCc2ccccc2)oc2ccc(Br)cc12. The second kappa shape index (κ2) is 8.32. The van der Waals surface area contributed by atoms with Crippen molar-refractivity contribution < 1.29 is 9.15 Å². The zero-order valence-electron chi connectivity index (χ0n) is 13.6. The van der Waals surface area contributed by atoms with E-state index in [1.807, 2.05) is 36.4 Å². The highest BCUT2D eigenvalue weighted by molar-refractivity contribution is 9.10. The predicted molar refractivity (Wildman–Crippen MR) is 102 cm³/mol. The number of aryl methyl sites for hydroxylation is 1. The maximum atomic E-state index is 6.05. The van der Waals surface area contributed by atoms with Gasteiger partial charge in [-0.3, -0.25) is 0 Å². The highest BCUT2D eigenvalue weighted by atomic mass is 79.9. The number of rotatable bonds is 8. The van der Waals surface area contributed by atoms with E-state index in [-0.39, 0.29) is 0 Å². The van der Waals surface area contributed by atoms with Gasteiger partial charge in [-0.2, -0.15) is 0 Å². The molecule has 3 rings (SSSR count). The summed E-state index contributed by atoms with van der Waals surface area (Å²) in [4.78, 5) is 0. The summed E-state index contributed by atoms with van der Waals surface area (Å²) < 4.78 is 12.9. The van der Waals surface area contributed by atoms with Gasteiger partial charge in [-0.25, -0.2) is 0 Å². The van der Waals surface area contributed by atoms with E-state index in [1.54, 1.807) is 0 Å². The molecule has 1 aromatic heterocycles. The molecule has 2 nitrogen and oxygen atoms in total. The van der Waals surface area contributed by atoms with E-state index >= 15 is 0 Å². The van der Waals surface area contributed by atoms with Crippen LogP contribution in [0.1, 0.15) is 23.3 Å². The van der Waals surface area contributed by atoms with Gasteiger partial charge in [0.25, 0.3) is 0 Å². The number of furan rings is 1. The summed E-state index contributed by atoms with van der Waals surface area (Å²) in [6.45, 7) is 5.26. The Morgan fingerprint density at radius 2 is 1.96 bits per heavy atom. The number of benzene rings is 2. The lowest BCUT2D eigenvalue weighted by Crippen LogP contribution is -1.98. The van der Waals surface area contributed by atoms with E-state index in [9.17, 15) is 0 Å². The smallest absolute Gasteiger partial charge is 0.134 e. The molecular formula is C21H21BrO2. The molecule has 0 aliphatic carbocycles. The van der Waals surface area contributed by atoms with Crippen molar-refractivity contribution in [3.8, 4) is 0 Å². The van der Waals surface area contributed by atoms with Gasteiger partial charge in [0.05, 0.1) is 6.61 Å². The Bertz CT molecular complexity index is 805. The Morgan fingerprint density at radius 1 is 1.12 bits per heavy atom. The number of allylic oxidation sites excluding steroid dienone is 1. The largest absolute Gasteiger partial charge is 0.461 e. The van der Waals surface area contributed by atoms with Gasteiger partial charge in [0.2, 0.25) is 0 Å².